The van der Waals surface area contributed by atoms with Crippen LogP contribution in [0.4, 0.5) is 4.79 Å². The smallest absolute Gasteiger partial charge is 0.450 e. The van der Waals surface area contributed by atoms with E-state index in [0.717, 1.165) is 0 Å². The SMILES string of the molecule is ClC(Cl)(Cl)C=CC(Cl)(Cl)Cl.O=C(O)O. The van der Waals surface area contributed by atoms with E-state index in [1.54, 1.807) is 0 Å². The summed E-state index contributed by atoms with van der Waals surface area (Å²) >= 11 is 31.8. The second-order valence-corrected chi connectivity index (χ2v) is 6.44. The van der Waals surface area contributed by atoms with Crippen molar-refractivity contribution in [1.82, 2.24) is 0 Å². The topological polar surface area (TPSA) is 57.5 Å². The molecule has 3 nitrogen and oxygen atoms in total. The van der Waals surface area contributed by atoms with Crippen molar-refractivity contribution in [3.05, 3.63) is 12.2 Å². The number of carboxylic acid groups (broad SMARTS) is 2. The third kappa shape index (κ3) is 29.3. The maximum absolute atomic E-state index is 8.56. The maximum atomic E-state index is 8.56. The fraction of sp³-hybridized carbons (Fsp3) is 0.400. The maximum Gasteiger partial charge on any atom is 0.503 e. The quantitative estimate of drug-likeness (QED) is 0.509. The molecule has 0 fully saturated rings. The van der Waals surface area contributed by atoms with Crippen molar-refractivity contribution in [3.8, 4) is 0 Å². The monoisotopic (exact) mass is 322 g/mol. The Balaban J connectivity index is 0. The van der Waals surface area contributed by atoms with Gasteiger partial charge in [-0.1, -0.05) is 69.6 Å². The van der Waals surface area contributed by atoms with Crippen LogP contribution in [0.25, 0.3) is 0 Å². The van der Waals surface area contributed by atoms with Crippen LogP contribution in [0.1, 0.15) is 0 Å². The van der Waals surface area contributed by atoms with E-state index in [1.165, 1.54) is 12.2 Å². The van der Waals surface area contributed by atoms with Gasteiger partial charge in [0.1, 0.15) is 0 Å². The number of halogens is 6. The molecule has 0 atom stereocenters. The highest BCUT2D eigenvalue weighted by Gasteiger charge is 2.20. The molecule has 9 heteroatoms. The van der Waals surface area contributed by atoms with Gasteiger partial charge in [-0.05, 0) is 12.2 Å². The van der Waals surface area contributed by atoms with Crippen LogP contribution >= 0.6 is 69.6 Å². The summed E-state index contributed by atoms with van der Waals surface area (Å²) in [4.78, 5) is 8.56. The van der Waals surface area contributed by atoms with Crippen molar-refractivity contribution in [1.29, 1.82) is 0 Å². The number of hydrogen-bond donors (Lipinski definition) is 2. The molecule has 0 aliphatic carbocycles. The Hall–Kier alpha value is 0.750. The molecule has 0 bridgehead atoms. The molecule has 0 spiro atoms. The van der Waals surface area contributed by atoms with Crippen LogP contribution in [0, 0.1) is 0 Å². The number of hydrogen-bond acceptors (Lipinski definition) is 1. The third-order valence-corrected chi connectivity index (χ3v) is 1.22. The lowest BCUT2D eigenvalue weighted by Crippen LogP contribution is -2.00. The van der Waals surface area contributed by atoms with Gasteiger partial charge in [0.25, 0.3) is 0 Å². The molecule has 0 aromatic rings. The van der Waals surface area contributed by atoms with E-state index in [9.17, 15) is 0 Å². The van der Waals surface area contributed by atoms with Gasteiger partial charge in [-0.3, -0.25) is 0 Å². The van der Waals surface area contributed by atoms with E-state index in [-0.39, 0.29) is 0 Å². The predicted octanol–water partition coefficient (Wildman–Crippen LogP) is 4.51. The van der Waals surface area contributed by atoms with Gasteiger partial charge in [0.15, 0.2) is 0 Å². The van der Waals surface area contributed by atoms with Crippen LogP contribution in [0.3, 0.4) is 0 Å². The fourth-order valence-electron chi connectivity index (χ4n) is 0.189. The highest BCUT2D eigenvalue weighted by Crippen LogP contribution is 2.33. The molecule has 0 radical (unpaired) electrons. The molecular formula is C5H4Cl6O3. The lowest BCUT2D eigenvalue weighted by atomic mass is 10.6. The van der Waals surface area contributed by atoms with E-state index in [0.29, 0.717) is 0 Å². The summed E-state index contributed by atoms with van der Waals surface area (Å²) in [5.74, 6) is 0. The van der Waals surface area contributed by atoms with Crippen molar-refractivity contribution in [3.63, 3.8) is 0 Å². The van der Waals surface area contributed by atoms with Gasteiger partial charge in [0.05, 0.1) is 0 Å². The minimum atomic E-state index is -1.83. The largest absolute Gasteiger partial charge is 0.503 e. The Morgan fingerprint density at radius 3 is 1.07 bits per heavy atom. The minimum Gasteiger partial charge on any atom is -0.450 e. The highest BCUT2D eigenvalue weighted by atomic mass is 35.6. The van der Waals surface area contributed by atoms with E-state index >= 15 is 0 Å². The third-order valence-electron chi connectivity index (χ3n) is 0.461. The first-order valence-corrected chi connectivity index (χ1v) is 4.96. The van der Waals surface area contributed by atoms with Gasteiger partial charge in [0, 0.05) is 0 Å². The summed E-state index contributed by atoms with van der Waals surface area (Å²) in [6.45, 7) is 0. The number of allylic oxidation sites excluding steroid dienone is 2. The Kier molecular flexibility index (Phi) is 8.69. The fourth-order valence-corrected chi connectivity index (χ4v) is 0.567. The molecule has 0 unspecified atom stereocenters. The lowest BCUT2D eigenvalue weighted by molar-refractivity contribution is 0.137. The van der Waals surface area contributed by atoms with Crippen LogP contribution in [0.15, 0.2) is 12.2 Å². The summed E-state index contributed by atoms with van der Waals surface area (Å²) in [7, 11) is 0. The zero-order chi connectivity index (χ0) is 12.0. The second-order valence-electron chi connectivity index (χ2n) is 1.70. The van der Waals surface area contributed by atoms with Crippen molar-refractivity contribution in [2.45, 2.75) is 7.59 Å². The Morgan fingerprint density at radius 1 is 0.857 bits per heavy atom. The Morgan fingerprint density at radius 2 is 1.00 bits per heavy atom. The van der Waals surface area contributed by atoms with E-state index in [4.69, 9.17) is 84.6 Å². The summed E-state index contributed by atoms with van der Waals surface area (Å²) in [6, 6.07) is 0. The highest BCUT2D eigenvalue weighted by molar-refractivity contribution is 6.70. The van der Waals surface area contributed by atoms with E-state index in [1.807, 2.05) is 0 Å². The number of rotatable bonds is 0. The molecule has 0 aliphatic heterocycles. The first kappa shape index (κ1) is 17.2. The molecule has 0 aliphatic rings. The number of alkyl halides is 6. The lowest BCUT2D eigenvalue weighted by Gasteiger charge is -2.06. The van der Waals surface area contributed by atoms with Gasteiger partial charge in [-0.15, -0.1) is 0 Å². The zero-order valence-electron chi connectivity index (χ0n) is 6.23. The van der Waals surface area contributed by atoms with Crippen LogP contribution in [0.2, 0.25) is 0 Å². The molecule has 2 N–H and O–H groups in total. The van der Waals surface area contributed by atoms with Gasteiger partial charge in [0.2, 0.25) is 7.59 Å². The van der Waals surface area contributed by atoms with Crippen molar-refractivity contribution in [2.24, 2.45) is 0 Å². The Labute approximate surface area is 110 Å². The van der Waals surface area contributed by atoms with Gasteiger partial charge < -0.3 is 10.2 Å². The Bertz CT molecular complexity index is 182. The van der Waals surface area contributed by atoms with Crippen molar-refractivity contribution >= 4 is 75.8 Å². The molecule has 0 amide bonds. The minimum absolute atomic E-state index is 1.17. The first-order chi connectivity index (χ1) is 5.94. The van der Waals surface area contributed by atoms with Crippen molar-refractivity contribution in [2.75, 3.05) is 0 Å². The molecule has 84 valence electrons. The van der Waals surface area contributed by atoms with E-state index in [2.05, 4.69) is 0 Å². The summed E-state index contributed by atoms with van der Waals surface area (Å²) in [5, 5.41) is 13.9. The molecule has 0 aromatic heterocycles. The van der Waals surface area contributed by atoms with Gasteiger partial charge in [-0.25, -0.2) is 4.79 Å². The molecule has 0 saturated carbocycles. The van der Waals surface area contributed by atoms with Crippen LogP contribution in [0.5, 0.6) is 0 Å². The average Bonchev–Trinajstić information content (AvgIpc) is 1.79. The summed E-state index contributed by atoms with van der Waals surface area (Å²) in [6.07, 6.45) is 0.509. The van der Waals surface area contributed by atoms with Gasteiger partial charge >= 0.3 is 6.16 Å². The standard InChI is InChI=1S/C4H2Cl6.CH2O3/c5-3(6,7)1-2-4(8,9)10;2-1(3)4/h1-2H;(H2,2,3,4). The molecule has 0 aromatic carbocycles. The van der Waals surface area contributed by atoms with E-state index < -0.39 is 13.7 Å². The molecule has 14 heavy (non-hydrogen) atoms. The molecule has 0 heterocycles. The molecular weight excluding hydrogens is 321 g/mol. The summed E-state index contributed by atoms with van der Waals surface area (Å²) in [5.41, 5.74) is 0. The predicted molar refractivity (Wildman–Crippen MR) is 60.4 cm³/mol. The molecule has 0 rings (SSSR count). The second kappa shape index (κ2) is 7.09. The van der Waals surface area contributed by atoms with Crippen LogP contribution < -0.4 is 0 Å². The molecule has 0 saturated heterocycles. The van der Waals surface area contributed by atoms with Crippen LogP contribution in [-0.2, 0) is 0 Å². The first-order valence-electron chi connectivity index (χ1n) is 2.70. The van der Waals surface area contributed by atoms with Gasteiger partial charge in [-0.2, -0.15) is 0 Å². The normalized spacial score (nSPS) is 12.1. The average molecular weight is 325 g/mol. The number of carbonyl (C=O) groups is 1. The zero-order valence-corrected chi connectivity index (χ0v) is 10.8. The van der Waals surface area contributed by atoms with Crippen LogP contribution in [-0.4, -0.2) is 24.0 Å². The van der Waals surface area contributed by atoms with Crippen molar-refractivity contribution < 1.29 is 15.0 Å². The summed E-state index contributed by atoms with van der Waals surface area (Å²) < 4.78 is -3.02.